The highest BCUT2D eigenvalue weighted by Gasteiger charge is 2.25. The molecule has 0 amide bonds. The van der Waals surface area contributed by atoms with Gasteiger partial charge in [-0.3, -0.25) is 0 Å². The van der Waals surface area contributed by atoms with Crippen LogP contribution in [0.2, 0.25) is 0 Å². The topological polar surface area (TPSA) is 46.2 Å². The standard InChI is InChI=1S/C13H17NO/c1-13(2,14)10-7-3-5-9-6-4-8-11(15)12(9)10/h4,6-8,15H,3,5,14H2,1-2H3. The average Bonchev–Trinajstić information content (AvgIpc) is 2.16. The second kappa shape index (κ2) is 3.38. The van der Waals surface area contributed by atoms with E-state index in [1.165, 1.54) is 5.56 Å². The third-order valence-corrected chi connectivity index (χ3v) is 2.85. The van der Waals surface area contributed by atoms with Crippen molar-refractivity contribution in [3.63, 3.8) is 0 Å². The minimum absolute atomic E-state index is 0.344. The lowest BCUT2D eigenvalue weighted by Crippen LogP contribution is -2.34. The highest BCUT2D eigenvalue weighted by molar-refractivity contribution is 5.79. The van der Waals surface area contributed by atoms with E-state index in [-0.39, 0.29) is 0 Å². The number of rotatable bonds is 1. The molecule has 3 N–H and O–H groups in total. The average molecular weight is 203 g/mol. The van der Waals surface area contributed by atoms with Gasteiger partial charge in [0.25, 0.3) is 0 Å². The second-order valence-corrected chi connectivity index (χ2v) is 4.69. The molecule has 2 heteroatoms. The van der Waals surface area contributed by atoms with Gasteiger partial charge in [-0.15, -0.1) is 0 Å². The number of phenols is 1. The molecule has 2 nitrogen and oxygen atoms in total. The van der Waals surface area contributed by atoms with Crippen LogP contribution < -0.4 is 5.73 Å². The summed E-state index contributed by atoms with van der Waals surface area (Å²) in [5.41, 5.74) is 8.92. The summed E-state index contributed by atoms with van der Waals surface area (Å²) < 4.78 is 0. The van der Waals surface area contributed by atoms with Crippen LogP contribution in [0.15, 0.2) is 24.3 Å². The van der Waals surface area contributed by atoms with E-state index in [1.807, 2.05) is 19.9 Å². The predicted molar refractivity (Wildman–Crippen MR) is 62.7 cm³/mol. The van der Waals surface area contributed by atoms with Crippen LogP contribution in [-0.2, 0) is 6.42 Å². The van der Waals surface area contributed by atoms with E-state index in [0.29, 0.717) is 5.75 Å². The fraction of sp³-hybridized carbons (Fsp3) is 0.385. The lowest BCUT2D eigenvalue weighted by atomic mass is 9.81. The van der Waals surface area contributed by atoms with Crippen LogP contribution in [0.1, 0.15) is 31.4 Å². The quantitative estimate of drug-likeness (QED) is 0.736. The molecule has 0 atom stereocenters. The van der Waals surface area contributed by atoms with Gasteiger partial charge < -0.3 is 10.8 Å². The highest BCUT2D eigenvalue weighted by Crippen LogP contribution is 2.37. The Hall–Kier alpha value is -1.28. The van der Waals surface area contributed by atoms with Gasteiger partial charge in [-0.1, -0.05) is 18.2 Å². The van der Waals surface area contributed by atoms with Crippen molar-refractivity contribution in [1.82, 2.24) is 0 Å². The first-order valence-electron chi connectivity index (χ1n) is 5.31. The Labute approximate surface area is 90.4 Å². The summed E-state index contributed by atoms with van der Waals surface area (Å²) in [4.78, 5) is 0. The number of hydrogen-bond donors (Lipinski definition) is 2. The first kappa shape index (κ1) is 10.2. The Bertz CT molecular complexity index is 413. The maximum atomic E-state index is 9.89. The summed E-state index contributed by atoms with van der Waals surface area (Å²) in [6, 6.07) is 5.68. The lowest BCUT2D eigenvalue weighted by molar-refractivity contribution is 0.470. The van der Waals surface area contributed by atoms with E-state index in [9.17, 15) is 5.11 Å². The second-order valence-electron chi connectivity index (χ2n) is 4.69. The molecule has 0 radical (unpaired) electrons. The maximum Gasteiger partial charge on any atom is 0.123 e. The zero-order valence-electron chi connectivity index (χ0n) is 9.25. The van der Waals surface area contributed by atoms with Crippen molar-refractivity contribution in [2.75, 3.05) is 0 Å². The van der Waals surface area contributed by atoms with Crippen LogP contribution in [0, 0.1) is 0 Å². The van der Waals surface area contributed by atoms with E-state index in [4.69, 9.17) is 5.73 Å². The van der Waals surface area contributed by atoms with Gasteiger partial charge in [0.05, 0.1) is 0 Å². The molecule has 0 aromatic heterocycles. The number of fused-ring (bicyclic) bond motifs is 1. The number of aryl methyl sites for hydroxylation is 1. The monoisotopic (exact) mass is 203 g/mol. The van der Waals surface area contributed by atoms with E-state index >= 15 is 0 Å². The van der Waals surface area contributed by atoms with E-state index in [1.54, 1.807) is 6.07 Å². The third kappa shape index (κ3) is 1.77. The highest BCUT2D eigenvalue weighted by atomic mass is 16.3. The molecule has 1 aromatic rings. The number of nitrogens with two attached hydrogens (primary N) is 1. The van der Waals surface area contributed by atoms with Crippen molar-refractivity contribution in [3.8, 4) is 5.75 Å². The van der Waals surface area contributed by atoms with Gasteiger partial charge in [0.1, 0.15) is 5.75 Å². The number of allylic oxidation sites excluding steroid dienone is 1. The summed E-state index contributed by atoms with van der Waals surface area (Å²) in [6.07, 6.45) is 4.14. The number of phenolic OH excluding ortho intramolecular Hbond substituents is 1. The first-order valence-corrected chi connectivity index (χ1v) is 5.31. The zero-order valence-corrected chi connectivity index (χ0v) is 9.25. The van der Waals surface area contributed by atoms with Crippen molar-refractivity contribution in [3.05, 3.63) is 35.4 Å². The van der Waals surface area contributed by atoms with E-state index in [2.05, 4.69) is 12.1 Å². The summed E-state index contributed by atoms with van der Waals surface area (Å²) >= 11 is 0. The van der Waals surface area contributed by atoms with Crippen LogP contribution in [-0.4, -0.2) is 10.6 Å². The summed E-state index contributed by atoms with van der Waals surface area (Å²) in [7, 11) is 0. The Kier molecular flexibility index (Phi) is 2.31. The molecular formula is C13H17NO. The molecule has 15 heavy (non-hydrogen) atoms. The largest absolute Gasteiger partial charge is 0.507 e. The van der Waals surface area contributed by atoms with Crippen LogP contribution in [0.5, 0.6) is 5.75 Å². The maximum absolute atomic E-state index is 9.89. The van der Waals surface area contributed by atoms with Crippen molar-refractivity contribution >= 4 is 5.57 Å². The van der Waals surface area contributed by atoms with E-state index < -0.39 is 5.54 Å². The van der Waals surface area contributed by atoms with Crippen molar-refractivity contribution in [1.29, 1.82) is 0 Å². The number of hydrogen-bond acceptors (Lipinski definition) is 2. The smallest absolute Gasteiger partial charge is 0.123 e. The SMILES string of the molecule is CC(C)(N)C1=CCCc2cccc(O)c21. The Morgan fingerprint density at radius 1 is 1.33 bits per heavy atom. The molecule has 2 rings (SSSR count). The van der Waals surface area contributed by atoms with Gasteiger partial charge in [0, 0.05) is 11.1 Å². The zero-order chi connectivity index (χ0) is 11.1. The Morgan fingerprint density at radius 3 is 2.73 bits per heavy atom. The minimum Gasteiger partial charge on any atom is -0.507 e. The van der Waals surface area contributed by atoms with Gasteiger partial charge in [0.2, 0.25) is 0 Å². The molecule has 0 bridgehead atoms. The summed E-state index contributed by atoms with van der Waals surface area (Å²) in [5, 5.41) is 9.89. The van der Waals surface area contributed by atoms with E-state index in [0.717, 1.165) is 24.0 Å². The molecule has 1 aliphatic rings. The molecule has 0 unspecified atom stereocenters. The normalized spacial score (nSPS) is 15.8. The molecule has 0 saturated carbocycles. The molecule has 80 valence electrons. The fourth-order valence-corrected chi connectivity index (χ4v) is 2.17. The molecule has 1 aliphatic carbocycles. The lowest BCUT2D eigenvalue weighted by Gasteiger charge is -2.28. The van der Waals surface area contributed by atoms with Crippen molar-refractivity contribution in [2.45, 2.75) is 32.2 Å². The molecule has 1 aromatic carbocycles. The molecule has 0 fully saturated rings. The molecular weight excluding hydrogens is 186 g/mol. The van der Waals surface area contributed by atoms with Gasteiger partial charge >= 0.3 is 0 Å². The van der Waals surface area contributed by atoms with Crippen LogP contribution >= 0.6 is 0 Å². The molecule has 0 spiro atoms. The fourth-order valence-electron chi connectivity index (χ4n) is 2.17. The van der Waals surface area contributed by atoms with Crippen LogP contribution in [0.25, 0.3) is 5.57 Å². The molecule has 0 heterocycles. The van der Waals surface area contributed by atoms with Crippen LogP contribution in [0.4, 0.5) is 0 Å². The molecule has 0 aliphatic heterocycles. The number of benzene rings is 1. The van der Waals surface area contributed by atoms with Gasteiger partial charge in [-0.05, 0) is 43.9 Å². The predicted octanol–water partition coefficient (Wildman–Crippen LogP) is 2.46. The summed E-state index contributed by atoms with van der Waals surface area (Å²) in [6.45, 7) is 3.95. The number of aromatic hydroxyl groups is 1. The van der Waals surface area contributed by atoms with Crippen LogP contribution in [0.3, 0.4) is 0 Å². The van der Waals surface area contributed by atoms with Gasteiger partial charge in [-0.2, -0.15) is 0 Å². The Morgan fingerprint density at radius 2 is 2.07 bits per heavy atom. The van der Waals surface area contributed by atoms with Gasteiger partial charge in [-0.25, -0.2) is 0 Å². The minimum atomic E-state index is -0.395. The van der Waals surface area contributed by atoms with Gasteiger partial charge in [0.15, 0.2) is 0 Å². The summed E-state index contributed by atoms with van der Waals surface area (Å²) in [5.74, 6) is 0.344. The van der Waals surface area contributed by atoms with Crippen molar-refractivity contribution in [2.24, 2.45) is 5.73 Å². The first-order chi connectivity index (χ1) is 7.00. The molecule has 0 saturated heterocycles. The van der Waals surface area contributed by atoms with Crippen molar-refractivity contribution < 1.29 is 5.11 Å². The third-order valence-electron chi connectivity index (χ3n) is 2.85. The Balaban J connectivity index is 2.60.